The predicted octanol–water partition coefficient (Wildman–Crippen LogP) is 2.66. The van der Waals surface area contributed by atoms with Crippen molar-refractivity contribution in [1.29, 1.82) is 10.5 Å². The normalized spacial score (nSPS) is 26.6. The third-order valence-electron chi connectivity index (χ3n) is 5.86. The highest BCUT2D eigenvalue weighted by atomic mass is 19.2. The van der Waals surface area contributed by atoms with Gasteiger partial charge in [-0.3, -0.25) is 9.69 Å². The lowest BCUT2D eigenvalue weighted by molar-refractivity contribution is -0.885. The molecule has 1 fully saturated rings. The van der Waals surface area contributed by atoms with Crippen LogP contribution in [0.3, 0.4) is 0 Å². The molecular formula is C22H16F2N3O+. The highest BCUT2D eigenvalue weighted by Gasteiger charge is 2.67. The van der Waals surface area contributed by atoms with Gasteiger partial charge in [-0.1, -0.05) is 36.4 Å². The Hall–Kier alpha value is -3.35. The van der Waals surface area contributed by atoms with Crippen LogP contribution in [0.5, 0.6) is 0 Å². The second kappa shape index (κ2) is 6.37. The molecule has 28 heavy (non-hydrogen) atoms. The quantitative estimate of drug-likeness (QED) is 0.876. The number of nitrogens with zero attached hydrogens (tertiary/aromatic N) is 2. The Bertz CT molecular complexity index is 1080. The van der Waals surface area contributed by atoms with Crippen molar-refractivity contribution >= 4 is 11.9 Å². The lowest BCUT2D eigenvalue weighted by Crippen LogP contribution is -3.11. The van der Waals surface area contributed by atoms with Crippen molar-refractivity contribution in [2.45, 2.75) is 24.9 Å². The van der Waals surface area contributed by atoms with Crippen LogP contribution in [-0.4, -0.2) is 11.8 Å². The van der Waals surface area contributed by atoms with Crippen molar-refractivity contribution < 1.29 is 18.5 Å². The molecule has 0 spiro atoms. The van der Waals surface area contributed by atoms with E-state index < -0.39 is 35.1 Å². The van der Waals surface area contributed by atoms with Crippen LogP contribution < -0.4 is 4.90 Å². The lowest BCUT2D eigenvalue weighted by Gasteiger charge is -2.29. The molecule has 0 saturated carbocycles. The van der Waals surface area contributed by atoms with Crippen molar-refractivity contribution in [2.24, 2.45) is 5.41 Å². The summed E-state index contributed by atoms with van der Waals surface area (Å²) in [5.41, 5.74) is -0.264. The fourth-order valence-electron chi connectivity index (χ4n) is 4.76. The third kappa shape index (κ3) is 2.25. The predicted molar refractivity (Wildman–Crippen MR) is 96.4 cm³/mol. The maximum atomic E-state index is 14.7. The van der Waals surface area contributed by atoms with Gasteiger partial charge in [-0.15, -0.1) is 0 Å². The molecule has 0 amide bonds. The first-order valence-electron chi connectivity index (χ1n) is 8.87. The minimum absolute atomic E-state index is 0.115. The number of Topliss-reactive ketones (excluding diaryl/α,β-unsaturated/α-hetero) is 1. The molecular weight excluding hydrogens is 360 g/mol. The van der Waals surface area contributed by atoms with E-state index in [0.717, 1.165) is 17.2 Å². The summed E-state index contributed by atoms with van der Waals surface area (Å²) < 4.78 is 28.7. The topological polar surface area (TPSA) is 69.1 Å². The molecule has 0 aromatic heterocycles. The zero-order valence-corrected chi connectivity index (χ0v) is 15.0. The number of rotatable bonds is 2. The number of hydrogen-bond acceptors (Lipinski definition) is 3. The third-order valence-corrected chi connectivity index (χ3v) is 5.86. The molecule has 1 saturated heterocycles. The smallest absolute Gasteiger partial charge is 0.212 e. The fourth-order valence-corrected chi connectivity index (χ4v) is 4.76. The Balaban J connectivity index is 2.05. The molecule has 2 aromatic rings. The Morgan fingerprint density at radius 1 is 1.07 bits per heavy atom. The van der Waals surface area contributed by atoms with Crippen molar-refractivity contribution in [3.05, 3.63) is 77.0 Å². The van der Waals surface area contributed by atoms with E-state index in [0.29, 0.717) is 4.90 Å². The standard InChI is InChI=1S/C22H15F2N3O/c1-13(28)20-18(16-7-4-8-17(23)19(16)24)22(11-25,12-26)21-15-6-3-2-5-14(15)9-10-27(20)21/h2-10,18,20-21H,1H3/p+1/t18-,20-,21+/m1/s1. The molecule has 2 aliphatic heterocycles. The van der Waals surface area contributed by atoms with Gasteiger partial charge in [0.25, 0.3) is 0 Å². The van der Waals surface area contributed by atoms with Crippen molar-refractivity contribution in [3.63, 3.8) is 0 Å². The number of halogens is 2. The molecule has 1 unspecified atom stereocenters. The molecule has 4 atom stereocenters. The Morgan fingerprint density at radius 2 is 1.75 bits per heavy atom. The zero-order chi connectivity index (χ0) is 20.1. The number of nitriles is 2. The van der Waals surface area contributed by atoms with Crippen LogP contribution in [-0.2, 0) is 4.79 Å². The van der Waals surface area contributed by atoms with Gasteiger partial charge in [0.2, 0.25) is 5.41 Å². The van der Waals surface area contributed by atoms with E-state index in [-0.39, 0.29) is 11.3 Å². The van der Waals surface area contributed by atoms with Crippen LogP contribution in [0.15, 0.2) is 48.7 Å². The summed E-state index contributed by atoms with van der Waals surface area (Å²) in [7, 11) is 0. The molecule has 0 aliphatic carbocycles. The van der Waals surface area contributed by atoms with Crippen LogP contribution in [0.25, 0.3) is 6.08 Å². The average molecular weight is 376 g/mol. The van der Waals surface area contributed by atoms with Gasteiger partial charge in [0, 0.05) is 18.1 Å². The molecule has 2 aliphatic rings. The average Bonchev–Trinajstić information content (AvgIpc) is 3.01. The van der Waals surface area contributed by atoms with E-state index in [4.69, 9.17) is 0 Å². The first-order chi connectivity index (χ1) is 13.5. The molecule has 2 aromatic carbocycles. The van der Waals surface area contributed by atoms with Crippen LogP contribution in [0.4, 0.5) is 8.78 Å². The number of hydrogen-bond donors (Lipinski definition) is 1. The van der Waals surface area contributed by atoms with E-state index in [9.17, 15) is 24.1 Å². The van der Waals surface area contributed by atoms with Crippen LogP contribution in [0.1, 0.15) is 35.6 Å². The number of nitrogens with one attached hydrogen (secondary N) is 1. The summed E-state index contributed by atoms with van der Waals surface area (Å²) in [5.74, 6) is -3.58. The van der Waals surface area contributed by atoms with Gasteiger partial charge in [0.1, 0.15) is 0 Å². The number of carbonyl (C=O) groups is 1. The molecule has 4 rings (SSSR count). The summed E-state index contributed by atoms with van der Waals surface area (Å²) in [5, 5.41) is 20.3. The largest absolute Gasteiger partial charge is 0.293 e. The maximum Gasteiger partial charge on any atom is 0.212 e. The molecule has 0 radical (unpaired) electrons. The number of fused-ring (bicyclic) bond motifs is 3. The minimum Gasteiger partial charge on any atom is -0.293 e. The SMILES string of the molecule is CC(=O)[C@@H]1[C@@H](c2cccc(F)c2F)C(C#N)(C#N)[C@@H]2c3ccccc3C=C[NH+]12. The molecule has 2 heterocycles. The van der Waals surface area contributed by atoms with Crippen molar-refractivity contribution in [3.8, 4) is 12.1 Å². The molecule has 1 N–H and O–H groups in total. The summed E-state index contributed by atoms with van der Waals surface area (Å²) in [6.07, 6.45) is 3.58. The van der Waals surface area contributed by atoms with E-state index in [1.807, 2.05) is 24.3 Å². The number of quaternary nitrogens is 1. The van der Waals surface area contributed by atoms with Gasteiger partial charge in [-0.05, 0) is 17.7 Å². The Kier molecular flexibility index (Phi) is 4.10. The van der Waals surface area contributed by atoms with Crippen LogP contribution >= 0.6 is 0 Å². The van der Waals surface area contributed by atoms with E-state index >= 15 is 0 Å². The first-order valence-corrected chi connectivity index (χ1v) is 8.87. The highest BCUT2D eigenvalue weighted by Crippen LogP contribution is 2.51. The fraction of sp³-hybridized carbons (Fsp3) is 0.227. The first kappa shape index (κ1) is 18.0. The van der Waals surface area contributed by atoms with Crippen LogP contribution in [0.2, 0.25) is 0 Å². The van der Waals surface area contributed by atoms with Crippen molar-refractivity contribution in [2.75, 3.05) is 0 Å². The molecule has 138 valence electrons. The van der Waals surface area contributed by atoms with E-state index in [1.54, 1.807) is 12.3 Å². The Morgan fingerprint density at radius 3 is 2.43 bits per heavy atom. The summed E-state index contributed by atoms with van der Waals surface area (Å²) in [6.45, 7) is 1.36. The Labute approximate surface area is 160 Å². The van der Waals surface area contributed by atoms with Gasteiger partial charge < -0.3 is 0 Å². The zero-order valence-electron chi connectivity index (χ0n) is 15.0. The highest BCUT2D eigenvalue weighted by molar-refractivity contribution is 5.82. The second-order valence-electron chi connectivity index (χ2n) is 7.20. The molecule has 4 nitrogen and oxygen atoms in total. The van der Waals surface area contributed by atoms with E-state index in [1.165, 1.54) is 19.1 Å². The lowest BCUT2D eigenvalue weighted by atomic mass is 9.67. The van der Waals surface area contributed by atoms with E-state index in [2.05, 4.69) is 12.1 Å². The van der Waals surface area contributed by atoms with Gasteiger partial charge in [-0.2, -0.15) is 10.5 Å². The van der Waals surface area contributed by atoms with Crippen molar-refractivity contribution in [1.82, 2.24) is 0 Å². The summed E-state index contributed by atoms with van der Waals surface area (Å²) >= 11 is 0. The summed E-state index contributed by atoms with van der Waals surface area (Å²) in [6, 6.07) is 13.6. The van der Waals surface area contributed by atoms with Gasteiger partial charge in [0.05, 0.1) is 24.3 Å². The van der Waals surface area contributed by atoms with Gasteiger partial charge in [0.15, 0.2) is 29.5 Å². The van der Waals surface area contributed by atoms with Gasteiger partial charge >= 0.3 is 0 Å². The van der Waals surface area contributed by atoms with Crippen LogP contribution in [0, 0.1) is 39.7 Å². The minimum atomic E-state index is -1.73. The monoisotopic (exact) mass is 376 g/mol. The molecule has 6 heteroatoms. The number of ketones is 1. The number of carbonyl (C=O) groups excluding carboxylic acids is 1. The maximum absolute atomic E-state index is 14.7. The number of benzene rings is 2. The van der Waals surface area contributed by atoms with Gasteiger partial charge in [-0.25, -0.2) is 8.78 Å². The summed E-state index contributed by atoms with van der Waals surface area (Å²) in [4.78, 5) is 13.2. The molecule has 0 bridgehead atoms. The second-order valence-corrected chi connectivity index (χ2v) is 7.20.